The highest BCUT2D eigenvalue weighted by Crippen LogP contribution is 2.31. The number of aliphatic hydroxyl groups is 1. The van der Waals surface area contributed by atoms with Crippen LogP contribution in [-0.2, 0) is 4.74 Å². The van der Waals surface area contributed by atoms with Gasteiger partial charge in [-0.2, -0.15) is 0 Å². The lowest BCUT2D eigenvalue weighted by atomic mass is 10.0. The van der Waals surface area contributed by atoms with Crippen molar-refractivity contribution in [1.29, 1.82) is 0 Å². The predicted molar refractivity (Wildman–Crippen MR) is 137 cm³/mol. The second-order valence-electron chi connectivity index (χ2n) is 9.11. The standard InChI is InChI=1S/C28H37N3O4/c1-5-7-8-21(6-2)15-34-16-23(32)17-35-24-9-10-25(26(33)14-24)28-30-18-29-27(31-28)22-12-19(3)11-20(4)13-22/h9-14,18,21,23,32-33H,5-8,15-17H2,1-4H3. The lowest BCUT2D eigenvalue weighted by Crippen LogP contribution is -2.25. The van der Waals surface area contributed by atoms with E-state index in [-0.39, 0.29) is 19.0 Å². The maximum absolute atomic E-state index is 10.6. The Morgan fingerprint density at radius 3 is 2.34 bits per heavy atom. The summed E-state index contributed by atoms with van der Waals surface area (Å²) in [6.07, 6.45) is 5.30. The predicted octanol–water partition coefficient (Wildman–Crippen LogP) is 5.50. The summed E-state index contributed by atoms with van der Waals surface area (Å²) >= 11 is 0. The molecule has 0 saturated carbocycles. The topological polar surface area (TPSA) is 97.6 Å². The summed E-state index contributed by atoms with van der Waals surface area (Å²) in [5, 5.41) is 20.8. The van der Waals surface area contributed by atoms with Gasteiger partial charge in [-0.25, -0.2) is 15.0 Å². The van der Waals surface area contributed by atoms with Crippen molar-refractivity contribution in [2.75, 3.05) is 19.8 Å². The molecule has 1 heterocycles. The quantitative estimate of drug-likeness (QED) is 0.334. The number of aromatic nitrogens is 3. The van der Waals surface area contributed by atoms with E-state index in [1.54, 1.807) is 12.1 Å². The number of rotatable bonds is 13. The number of nitrogens with zero attached hydrogens (tertiary/aromatic N) is 3. The van der Waals surface area contributed by atoms with Gasteiger partial charge in [-0.3, -0.25) is 0 Å². The zero-order valence-corrected chi connectivity index (χ0v) is 21.2. The third-order valence-electron chi connectivity index (χ3n) is 5.91. The van der Waals surface area contributed by atoms with Crippen LogP contribution in [0.25, 0.3) is 22.8 Å². The number of phenolic OH excluding ortho intramolecular Hbond substituents is 1. The van der Waals surface area contributed by atoms with Gasteiger partial charge in [0.25, 0.3) is 0 Å². The Balaban J connectivity index is 1.58. The summed E-state index contributed by atoms with van der Waals surface area (Å²) in [5.74, 6) is 1.89. The number of aromatic hydroxyl groups is 1. The van der Waals surface area contributed by atoms with E-state index in [1.807, 2.05) is 26.0 Å². The summed E-state index contributed by atoms with van der Waals surface area (Å²) in [4.78, 5) is 13.1. The summed E-state index contributed by atoms with van der Waals surface area (Å²) in [5.41, 5.74) is 3.63. The van der Waals surface area contributed by atoms with Crippen LogP contribution in [0.3, 0.4) is 0 Å². The molecule has 2 unspecified atom stereocenters. The van der Waals surface area contributed by atoms with E-state index in [2.05, 4.69) is 34.9 Å². The number of hydrogen-bond acceptors (Lipinski definition) is 7. The Hall–Kier alpha value is -3.03. The van der Waals surface area contributed by atoms with Gasteiger partial charge in [-0.15, -0.1) is 0 Å². The molecule has 2 atom stereocenters. The number of phenols is 1. The largest absolute Gasteiger partial charge is 0.507 e. The first-order valence-corrected chi connectivity index (χ1v) is 12.4. The minimum absolute atomic E-state index is 0.00692. The van der Waals surface area contributed by atoms with Crippen molar-refractivity contribution in [2.45, 2.75) is 59.5 Å². The van der Waals surface area contributed by atoms with Crippen molar-refractivity contribution in [1.82, 2.24) is 15.0 Å². The van der Waals surface area contributed by atoms with Crippen LogP contribution in [0, 0.1) is 19.8 Å². The molecule has 2 N–H and O–H groups in total. The Bertz CT molecular complexity index is 1070. The number of aryl methyl sites for hydroxylation is 2. The molecule has 7 heteroatoms. The van der Waals surface area contributed by atoms with Crippen LogP contribution in [0.4, 0.5) is 0 Å². The SMILES string of the molecule is CCCCC(CC)COCC(O)COc1ccc(-c2ncnc(-c3cc(C)cc(C)c3)n2)c(O)c1. The van der Waals surface area contributed by atoms with E-state index < -0.39 is 6.10 Å². The summed E-state index contributed by atoms with van der Waals surface area (Å²) in [6, 6.07) is 11.1. The van der Waals surface area contributed by atoms with Crippen molar-refractivity contribution < 1.29 is 19.7 Å². The molecule has 0 radical (unpaired) electrons. The van der Waals surface area contributed by atoms with E-state index in [9.17, 15) is 10.2 Å². The van der Waals surface area contributed by atoms with Gasteiger partial charge >= 0.3 is 0 Å². The van der Waals surface area contributed by atoms with E-state index in [4.69, 9.17) is 9.47 Å². The third-order valence-corrected chi connectivity index (χ3v) is 5.91. The van der Waals surface area contributed by atoms with Crippen molar-refractivity contribution in [3.8, 4) is 34.3 Å². The number of ether oxygens (including phenoxy) is 2. The molecule has 35 heavy (non-hydrogen) atoms. The maximum atomic E-state index is 10.6. The molecular formula is C28H37N3O4. The number of hydrogen-bond donors (Lipinski definition) is 2. The van der Waals surface area contributed by atoms with Crippen molar-refractivity contribution in [3.05, 3.63) is 53.9 Å². The zero-order valence-electron chi connectivity index (χ0n) is 21.2. The van der Waals surface area contributed by atoms with Gasteiger partial charge in [-0.1, -0.05) is 50.3 Å². The highest BCUT2D eigenvalue weighted by molar-refractivity contribution is 5.67. The van der Waals surface area contributed by atoms with E-state index >= 15 is 0 Å². The molecular weight excluding hydrogens is 442 g/mol. The average molecular weight is 480 g/mol. The van der Waals surface area contributed by atoms with Crippen LogP contribution >= 0.6 is 0 Å². The molecule has 0 spiro atoms. The van der Waals surface area contributed by atoms with Crippen LogP contribution in [0.5, 0.6) is 11.5 Å². The molecule has 0 amide bonds. The van der Waals surface area contributed by atoms with Crippen LogP contribution in [0.15, 0.2) is 42.7 Å². The van der Waals surface area contributed by atoms with Crippen molar-refractivity contribution in [3.63, 3.8) is 0 Å². The Morgan fingerprint density at radius 1 is 0.914 bits per heavy atom. The van der Waals surface area contributed by atoms with Crippen LogP contribution in [0.2, 0.25) is 0 Å². The molecule has 7 nitrogen and oxygen atoms in total. The monoisotopic (exact) mass is 479 g/mol. The van der Waals surface area contributed by atoms with Crippen LogP contribution in [-0.4, -0.2) is 51.1 Å². The first-order chi connectivity index (χ1) is 16.9. The summed E-state index contributed by atoms with van der Waals surface area (Å²) in [7, 11) is 0. The fourth-order valence-corrected chi connectivity index (χ4v) is 3.97. The second-order valence-corrected chi connectivity index (χ2v) is 9.11. The van der Waals surface area contributed by atoms with Crippen molar-refractivity contribution >= 4 is 0 Å². The molecule has 1 aromatic heterocycles. The first kappa shape index (κ1) is 26.6. The first-order valence-electron chi connectivity index (χ1n) is 12.4. The van der Waals surface area contributed by atoms with Gasteiger partial charge in [0.1, 0.15) is 30.5 Å². The highest BCUT2D eigenvalue weighted by atomic mass is 16.5. The summed E-state index contributed by atoms with van der Waals surface area (Å²) in [6.45, 7) is 9.36. The van der Waals surface area contributed by atoms with E-state index in [0.717, 1.165) is 29.5 Å². The lowest BCUT2D eigenvalue weighted by Gasteiger charge is -2.17. The molecule has 0 aliphatic carbocycles. The minimum atomic E-state index is -0.746. The number of unbranched alkanes of at least 4 members (excludes halogenated alkanes) is 1. The zero-order chi connectivity index (χ0) is 25.2. The van der Waals surface area contributed by atoms with Crippen molar-refractivity contribution in [2.24, 2.45) is 5.92 Å². The minimum Gasteiger partial charge on any atom is -0.507 e. The van der Waals surface area contributed by atoms with Gasteiger partial charge in [0.05, 0.1) is 12.2 Å². The van der Waals surface area contributed by atoms with Crippen LogP contribution < -0.4 is 4.74 Å². The molecule has 3 rings (SSSR count). The second kappa shape index (κ2) is 13.2. The Morgan fingerprint density at radius 2 is 1.66 bits per heavy atom. The molecule has 0 saturated heterocycles. The fourth-order valence-electron chi connectivity index (χ4n) is 3.97. The Labute approximate surface area is 208 Å². The van der Waals surface area contributed by atoms with Gasteiger partial charge in [0, 0.05) is 18.2 Å². The molecule has 0 aliphatic rings. The molecule has 188 valence electrons. The smallest absolute Gasteiger partial charge is 0.167 e. The van der Waals surface area contributed by atoms with Gasteiger partial charge < -0.3 is 19.7 Å². The maximum Gasteiger partial charge on any atom is 0.167 e. The average Bonchev–Trinajstić information content (AvgIpc) is 2.84. The molecule has 0 bridgehead atoms. The third kappa shape index (κ3) is 8.01. The molecule has 3 aromatic rings. The van der Waals surface area contributed by atoms with Gasteiger partial charge in [-0.05, 0) is 50.5 Å². The van der Waals surface area contributed by atoms with Crippen LogP contribution in [0.1, 0.15) is 50.7 Å². The Kier molecular flexibility index (Phi) is 9.99. The normalized spacial score (nSPS) is 12.9. The molecule has 2 aromatic carbocycles. The fraction of sp³-hybridized carbons (Fsp3) is 0.464. The molecule has 0 aliphatic heterocycles. The highest BCUT2D eigenvalue weighted by Gasteiger charge is 2.13. The van der Waals surface area contributed by atoms with Gasteiger partial charge in [0.15, 0.2) is 11.6 Å². The van der Waals surface area contributed by atoms with Gasteiger partial charge in [0.2, 0.25) is 0 Å². The van der Waals surface area contributed by atoms with E-state index in [1.165, 1.54) is 25.2 Å². The summed E-state index contributed by atoms with van der Waals surface area (Å²) < 4.78 is 11.4. The molecule has 0 fully saturated rings. The lowest BCUT2D eigenvalue weighted by molar-refractivity contribution is -0.00111. The van der Waals surface area contributed by atoms with E-state index in [0.29, 0.717) is 35.5 Å². The number of aliphatic hydroxyl groups excluding tert-OH is 1. The number of benzene rings is 2.